The molecular formula is C7H8Cl4N2. The number of hydrogen-bond donors (Lipinski definition) is 0. The molecule has 0 amide bonds. The van der Waals surface area contributed by atoms with E-state index >= 15 is 0 Å². The van der Waals surface area contributed by atoms with Crippen LogP contribution in [0.4, 0.5) is 0 Å². The van der Waals surface area contributed by atoms with E-state index in [1.807, 2.05) is 6.92 Å². The summed E-state index contributed by atoms with van der Waals surface area (Å²) in [5.74, 6) is 0. The van der Waals surface area contributed by atoms with Crippen LogP contribution in [0.2, 0.25) is 5.02 Å². The molecule has 0 aliphatic heterocycles. The van der Waals surface area contributed by atoms with Crippen LogP contribution in [-0.4, -0.2) is 13.6 Å². The molecule has 0 saturated heterocycles. The lowest BCUT2D eigenvalue weighted by atomic mass is 10.4. The minimum absolute atomic E-state index is 0.413. The van der Waals surface area contributed by atoms with Crippen molar-refractivity contribution < 1.29 is 0 Å². The van der Waals surface area contributed by atoms with Crippen LogP contribution < -0.4 is 0 Å². The summed E-state index contributed by atoms with van der Waals surface area (Å²) in [6.07, 6.45) is 1.99. The Balaban J connectivity index is 2.60. The Hall–Kier alpha value is 0.370. The fourth-order valence-electron chi connectivity index (χ4n) is 0.882. The summed E-state index contributed by atoms with van der Waals surface area (Å²) < 4.78 is 0.481. The average Bonchev–Trinajstić information content (AvgIpc) is 2.29. The van der Waals surface area contributed by atoms with Gasteiger partial charge >= 0.3 is 0 Å². The second kappa shape index (κ2) is 4.26. The zero-order valence-electron chi connectivity index (χ0n) is 6.90. The topological polar surface area (TPSA) is 17.8 Å². The van der Waals surface area contributed by atoms with Gasteiger partial charge in [-0.25, -0.2) is 0 Å². The van der Waals surface area contributed by atoms with Crippen LogP contribution >= 0.6 is 46.4 Å². The molecule has 0 aliphatic carbocycles. The summed E-state index contributed by atoms with van der Waals surface area (Å²) in [5, 5.41) is 4.66. The second-order valence-electron chi connectivity index (χ2n) is 2.67. The molecule has 0 spiro atoms. The van der Waals surface area contributed by atoms with Crippen molar-refractivity contribution in [1.82, 2.24) is 9.78 Å². The van der Waals surface area contributed by atoms with Crippen molar-refractivity contribution in [2.24, 2.45) is 0 Å². The molecule has 2 nitrogen and oxygen atoms in total. The van der Waals surface area contributed by atoms with E-state index in [2.05, 4.69) is 5.10 Å². The number of halogens is 4. The Bertz CT molecular complexity index is 289. The lowest BCUT2D eigenvalue weighted by Gasteiger charge is -2.11. The van der Waals surface area contributed by atoms with Crippen molar-refractivity contribution in [3.05, 3.63) is 16.9 Å². The molecule has 6 heteroatoms. The molecule has 0 aromatic carbocycles. The number of aromatic nitrogens is 2. The first-order valence-electron chi connectivity index (χ1n) is 3.65. The smallest absolute Gasteiger partial charge is 0.192 e. The number of aryl methyl sites for hydroxylation is 1. The van der Waals surface area contributed by atoms with Crippen molar-refractivity contribution in [2.75, 3.05) is 0 Å². The SMILES string of the molecule is Cc1c(Cl)cnn1CCC(Cl)(Cl)Cl. The molecule has 1 heterocycles. The molecule has 0 unspecified atom stereocenters. The van der Waals surface area contributed by atoms with Crippen LogP contribution in [0.25, 0.3) is 0 Å². The van der Waals surface area contributed by atoms with Crippen LogP contribution in [0.3, 0.4) is 0 Å². The van der Waals surface area contributed by atoms with Gasteiger partial charge in [-0.3, -0.25) is 4.68 Å². The van der Waals surface area contributed by atoms with E-state index in [9.17, 15) is 0 Å². The van der Waals surface area contributed by atoms with E-state index in [-0.39, 0.29) is 0 Å². The zero-order valence-corrected chi connectivity index (χ0v) is 9.92. The van der Waals surface area contributed by atoms with E-state index in [1.54, 1.807) is 10.9 Å². The maximum absolute atomic E-state index is 5.80. The Morgan fingerprint density at radius 1 is 1.46 bits per heavy atom. The fraction of sp³-hybridized carbons (Fsp3) is 0.571. The summed E-state index contributed by atoms with van der Waals surface area (Å²) in [6, 6.07) is 0. The predicted molar refractivity (Wildman–Crippen MR) is 56.9 cm³/mol. The van der Waals surface area contributed by atoms with Gasteiger partial charge in [-0.1, -0.05) is 46.4 Å². The van der Waals surface area contributed by atoms with Gasteiger partial charge in [0, 0.05) is 13.0 Å². The molecular weight excluding hydrogens is 254 g/mol. The summed E-state index contributed by atoms with van der Waals surface area (Å²) in [4.78, 5) is 0. The van der Waals surface area contributed by atoms with Crippen molar-refractivity contribution in [3.8, 4) is 0 Å². The monoisotopic (exact) mass is 260 g/mol. The van der Waals surface area contributed by atoms with Crippen molar-refractivity contribution in [3.63, 3.8) is 0 Å². The standard InChI is InChI=1S/C7H8Cl4N2/c1-5-6(8)4-12-13(5)3-2-7(9,10)11/h4H,2-3H2,1H3. The molecule has 74 valence electrons. The molecule has 0 fully saturated rings. The van der Waals surface area contributed by atoms with E-state index in [0.29, 0.717) is 18.0 Å². The van der Waals surface area contributed by atoms with Crippen LogP contribution in [0, 0.1) is 6.92 Å². The second-order valence-corrected chi connectivity index (χ2v) is 5.59. The van der Waals surface area contributed by atoms with Crippen molar-refractivity contribution in [1.29, 1.82) is 0 Å². The number of alkyl halides is 3. The van der Waals surface area contributed by atoms with Gasteiger partial charge in [0.25, 0.3) is 0 Å². The maximum atomic E-state index is 5.80. The van der Waals surface area contributed by atoms with Crippen molar-refractivity contribution >= 4 is 46.4 Å². The summed E-state index contributed by atoms with van der Waals surface area (Å²) in [7, 11) is 0. The Labute approximate surface area is 96.7 Å². The molecule has 0 saturated carbocycles. The number of nitrogens with zero attached hydrogens (tertiary/aromatic N) is 2. The molecule has 0 radical (unpaired) electrons. The summed E-state index contributed by atoms with van der Waals surface area (Å²) in [6.45, 7) is 2.42. The highest BCUT2D eigenvalue weighted by Crippen LogP contribution is 2.30. The Morgan fingerprint density at radius 3 is 2.46 bits per heavy atom. The normalized spacial score (nSPS) is 12.1. The molecule has 1 aromatic heterocycles. The first kappa shape index (κ1) is 11.4. The van der Waals surface area contributed by atoms with Gasteiger partial charge in [-0.2, -0.15) is 5.10 Å². The maximum Gasteiger partial charge on any atom is 0.192 e. The third kappa shape index (κ3) is 3.55. The van der Waals surface area contributed by atoms with Gasteiger partial charge < -0.3 is 0 Å². The van der Waals surface area contributed by atoms with Crippen LogP contribution in [0.1, 0.15) is 12.1 Å². The van der Waals surface area contributed by atoms with Crippen LogP contribution in [-0.2, 0) is 6.54 Å². The highest BCUT2D eigenvalue weighted by atomic mass is 35.6. The van der Waals surface area contributed by atoms with E-state index in [4.69, 9.17) is 46.4 Å². The first-order valence-corrected chi connectivity index (χ1v) is 5.16. The molecule has 0 aliphatic rings. The van der Waals surface area contributed by atoms with Crippen LogP contribution in [0.5, 0.6) is 0 Å². The van der Waals surface area contributed by atoms with Gasteiger partial charge in [-0.15, -0.1) is 0 Å². The van der Waals surface area contributed by atoms with Gasteiger partial charge in [0.2, 0.25) is 0 Å². The number of rotatable bonds is 2. The lowest BCUT2D eigenvalue weighted by molar-refractivity contribution is 0.571. The third-order valence-corrected chi connectivity index (χ3v) is 2.59. The van der Waals surface area contributed by atoms with Gasteiger partial charge in [0.15, 0.2) is 3.79 Å². The first-order chi connectivity index (χ1) is 5.90. The average molecular weight is 262 g/mol. The van der Waals surface area contributed by atoms with Gasteiger partial charge in [0.05, 0.1) is 16.9 Å². The highest BCUT2D eigenvalue weighted by Gasteiger charge is 2.19. The summed E-state index contributed by atoms with van der Waals surface area (Å²) >= 11 is 22.6. The van der Waals surface area contributed by atoms with Gasteiger partial charge in [-0.05, 0) is 6.92 Å². The molecule has 0 N–H and O–H groups in total. The Morgan fingerprint density at radius 2 is 2.08 bits per heavy atom. The zero-order chi connectivity index (χ0) is 10.1. The lowest BCUT2D eigenvalue weighted by Crippen LogP contribution is -2.10. The highest BCUT2D eigenvalue weighted by molar-refractivity contribution is 6.67. The molecule has 13 heavy (non-hydrogen) atoms. The minimum atomic E-state index is -1.23. The quantitative estimate of drug-likeness (QED) is 0.744. The van der Waals surface area contributed by atoms with E-state index < -0.39 is 3.79 Å². The fourth-order valence-corrected chi connectivity index (χ4v) is 1.28. The minimum Gasteiger partial charge on any atom is -0.268 e. The summed E-state index contributed by atoms with van der Waals surface area (Å²) in [5.41, 5.74) is 0.885. The van der Waals surface area contributed by atoms with Gasteiger partial charge in [0.1, 0.15) is 0 Å². The van der Waals surface area contributed by atoms with Crippen molar-refractivity contribution in [2.45, 2.75) is 23.7 Å². The predicted octanol–water partition coefficient (Wildman–Crippen LogP) is 3.61. The molecule has 1 aromatic rings. The largest absolute Gasteiger partial charge is 0.268 e. The molecule has 0 bridgehead atoms. The van der Waals surface area contributed by atoms with E-state index in [1.165, 1.54) is 0 Å². The number of hydrogen-bond acceptors (Lipinski definition) is 1. The third-order valence-electron chi connectivity index (χ3n) is 1.65. The molecule has 0 atom stereocenters. The Kier molecular flexibility index (Phi) is 3.75. The molecule has 1 rings (SSSR count). The van der Waals surface area contributed by atoms with Crippen LogP contribution in [0.15, 0.2) is 6.20 Å². The van der Waals surface area contributed by atoms with E-state index in [0.717, 1.165) is 5.69 Å².